The largest absolute Gasteiger partial charge is 0.416 e. The number of hydrogen-bond donors (Lipinski definition) is 0. The van der Waals surface area contributed by atoms with Crippen LogP contribution in [0.25, 0.3) is 0 Å². The molecule has 35 heavy (non-hydrogen) atoms. The van der Waals surface area contributed by atoms with Gasteiger partial charge in [0.25, 0.3) is 5.91 Å². The van der Waals surface area contributed by atoms with Crippen molar-refractivity contribution in [3.8, 4) is 0 Å². The van der Waals surface area contributed by atoms with Crippen molar-refractivity contribution in [1.29, 1.82) is 0 Å². The average Bonchev–Trinajstić information content (AvgIpc) is 3.63. The number of rotatable bonds is 5. The van der Waals surface area contributed by atoms with E-state index >= 15 is 0 Å². The molecule has 2 fully saturated rings. The van der Waals surface area contributed by atoms with E-state index in [4.69, 9.17) is 0 Å². The number of amides is 1. The van der Waals surface area contributed by atoms with E-state index in [9.17, 15) is 39.6 Å². The molecule has 5 nitrogen and oxygen atoms in total. The van der Waals surface area contributed by atoms with Crippen LogP contribution < -0.4 is 0 Å². The number of sulfonamides is 1. The molecule has 4 rings (SSSR count). The fraction of sp³-hybridized carbons (Fsp3) is 0.435. The highest BCUT2D eigenvalue weighted by Gasteiger charge is 2.44. The summed E-state index contributed by atoms with van der Waals surface area (Å²) < 4.78 is 107. The first-order valence-electron chi connectivity index (χ1n) is 11.0. The van der Waals surface area contributed by atoms with E-state index in [1.165, 1.54) is 21.3 Å². The Labute approximate surface area is 198 Å². The van der Waals surface area contributed by atoms with Crippen LogP contribution in [-0.4, -0.2) is 48.7 Å². The molecule has 0 aromatic heterocycles. The predicted octanol–water partition coefficient (Wildman–Crippen LogP) is 5.18. The summed E-state index contributed by atoms with van der Waals surface area (Å²) in [6.45, 7) is 0.0171. The second-order valence-electron chi connectivity index (χ2n) is 8.70. The second kappa shape index (κ2) is 9.12. The Morgan fingerprint density at radius 2 is 1.29 bits per heavy atom. The van der Waals surface area contributed by atoms with Crippen molar-refractivity contribution in [3.63, 3.8) is 0 Å². The van der Waals surface area contributed by atoms with Gasteiger partial charge in [-0.15, -0.1) is 0 Å². The lowest BCUT2D eigenvalue weighted by Gasteiger charge is -2.38. The summed E-state index contributed by atoms with van der Waals surface area (Å²) in [5.41, 5.74) is -3.82. The minimum atomic E-state index is -5.06. The van der Waals surface area contributed by atoms with Gasteiger partial charge in [0.15, 0.2) is 0 Å². The van der Waals surface area contributed by atoms with Crippen LogP contribution in [0.1, 0.15) is 47.2 Å². The van der Waals surface area contributed by atoms with E-state index in [1.54, 1.807) is 18.2 Å². The van der Waals surface area contributed by atoms with Crippen LogP contribution in [0.15, 0.2) is 53.4 Å². The molecule has 12 heteroatoms. The van der Waals surface area contributed by atoms with Gasteiger partial charge in [-0.05, 0) is 56.0 Å². The molecule has 1 aliphatic heterocycles. The molecule has 0 radical (unpaired) electrons. The zero-order chi connectivity index (χ0) is 25.6. The number of piperidine rings is 1. The first kappa shape index (κ1) is 25.5. The Morgan fingerprint density at radius 1 is 0.800 bits per heavy atom. The Hall–Kier alpha value is -2.60. The van der Waals surface area contributed by atoms with Crippen LogP contribution in [0.3, 0.4) is 0 Å². The van der Waals surface area contributed by atoms with Gasteiger partial charge in [0.05, 0.1) is 16.0 Å². The maximum atomic E-state index is 13.2. The lowest BCUT2D eigenvalue weighted by molar-refractivity contribution is -0.143. The van der Waals surface area contributed by atoms with Crippen molar-refractivity contribution in [2.45, 2.75) is 55.0 Å². The van der Waals surface area contributed by atoms with Crippen molar-refractivity contribution in [2.75, 3.05) is 13.1 Å². The summed E-state index contributed by atoms with van der Waals surface area (Å²) in [6, 6.07) is 8.14. The summed E-state index contributed by atoms with van der Waals surface area (Å²) in [6.07, 6.45) is -8.26. The van der Waals surface area contributed by atoms with E-state index < -0.39 is 51.0 Å². The quantitative estimate of drug-likeness (QED) is 0.511. The molecule has 0 atom stereocenters. The van der Waals surface area contributed by atoms with Gasteiger partial charge in [-0.25, -0.2) is 8.42 Å². The Bertz CT molecular complexity index is 1150. The normalized spacial score (nSPS) is 18.2. The van der Waals surface area contributed by atoms with Crippen molar-refractivity contribution in [2.24, 2.45) is 0 Å². The van der Waals surface area contributed by atoms with E-state index in [0.29, 0.717) is 25.0 Å². The molecule has 0 bridgehead atoms. The predicted molar refractivity (Wildman–Crippen MR) is 114 cm³/mol. The molecular formula is C23H22F6N2O3S. The van der Waals surface area contributed by atoms with Crippen molar-refractivity contribution in [3.05, 3.63) is 65.2 Å². The third kappa shape index (κ3) is 5.48. The number of likely N-dealkylation sites (tertiary alicyclic amines) is 1. The second-order valence-corrected chi connectivity index (χ2v) is 10.5. The van der Waals surface area contributed by atoms with Gasteiger partial charge in [-0.2, -0.15) is 30.6 Å². The molecule has 190 valence electrons. The Kier molecular flexibility index (Phi) is 6.64. The summed E-state index contributed by atoms with van der Waals surface area (Å²) in [5, 5.41) is 0. The van der Waals surface area contributed by atoms with E-state index in [2.05, 4.69) is 0 Å². The van der Waals surface area contributed by atoms with E-state index in [1.807, 2.05) is 0 Å². The summed E-state index contributed by atoms with van der Waals surface area (Å²) in [4.78, 5) is 14.2. The fourth-order valence-corrected chi connectivity index (χ4v) is 6.27. The molecule has 1 heterocycles. The molecule has 2 aliphatic rings. The summed E-state index contributed by atoms with van der Waals surface area (Å²) in [7, 11) is -3.79. The van der Waals surface area contributed by atoms with E-state index in [0.717, 1.165) is 0 Å². The number of carbonyl (C=O) groups is 1. The molecule has 0 spiro atoms. The topological polar surface area (TPSA) is 57.7 Å². The number of carbonyl (C=O) groups excluding carboxylic acids is 1. The highest BCUT2D eigenvalue weighted by atomic mass is 32.2. The lowest BCUT2D eigenvalue weighted by Crippen LogP contribution is -2.49. The van der Waals surface area contributed by atoms with Gasteiger partial charge in [0.1, 0.15) is 0 Å². The van der Waals surface area contributed by atoms with Gasteiger partial charge in [-0.3, -0.25) is 4.79 Å². The van der Waals surface area contributed by atoms with Crippen molar-refractivity contribution in [1.82, 2.24) is 9.21 Å². The highest BCUT2D eigenvalue weighted by Crippen LogP contribution is 2.38. The summed E-state index contributed by atoms with van der Waals surface area (Å²) in [5.74, 6) is -0.955. The minimum absolute atomic E-state index is 0.00856. The molecular weight excluding hydrogens is 498 g/mol. The van der Waals surface area contributed by atoms with Crippen molar-refractivity contribution >= 4 is 15.9 Å². The molecule has 1 saturated carbocycles. The first-order chi connectivity index (χ1) is 16.3. The Balaban J connectivity index is 1.53. The number of alkyl halides is 6. The summed E-state index contributed by atoms with van der Waals surface area (Å²) >= 11 is 0. The molecule has 1 amide bonds. The van der Waals surface area contributed by atoms with Crippen LogP contribution in [0.5, 0.6) is 0 Å². The Morgan fingerprint density at radius 3 is 1.74 bits per heavy atom. The van der Waals surface area contributed by atoms with Gasteiger partial charge in [0.2, 0.25) is 10.0 Å². The maximum Gasteiger partial charge on any atom is 0.416 e. The fourth-order valence-electron chi connectivity index (χ4n) is 4.32. The van der Waals surface area contributed by atoms with Crippen molar-refractivity contribution < 1.29 is 39.6 Å². The molecule has 2 aromatic rings. The number of halogens is 6. The highest BCUT2D eigenvalue weighted by molar-refractivity contribution is 7.89. The lowest BCUT2D eigenvalue weighted by atomic mass is 10.0. The standard InChI is InChI=1S/C23H22F6N2O3S/c24-22(25,26)16-12-15(13-17(14-16)23(27,28)29)21(32)30-10-8-19(9-11-30)31(18-6-7-18)35(33,34)20-4-2-1-3-5-20/h1-5,12-14,18-19H,6-11H2. The minimum Gasteiger partial charge on any atom is -0.339 e. The molecule has 0 unspecified atom stereocenters. The first-order valence-corrected chi connectivity index (χ1v) is 12.4. The van der Waals surface area contributed by atoms with Crippen LogP contribution in [0, 0.1) is 0 Å². The van der Waals surface area contributed by atoms with Gasteiger partial charge >= 0.3 is 12.4 Å². The van der Waals surface area contributed by atoms with Gasteiger partial charge in [0, 0.05) is 30.7 Å². The molecule has 1 aliphatic carbocycles. The molecule has 0 N–H and O–H groups in total. The molecule has 1 saturated heterocycles. The zero-order valence-electron chi connectivity index (χ0n) is 18.3. The van der Waals surface area contributed by atoms with Gasteiger partial charge in [-0.1, -0.05) is 18.2 Å². The van der Waals surface area contributed by atoms with Crippen LogP contribution in [0.4, 0.5) is 26.3 Å². The van der Waals surface area contributed by atoms with E-state index in [-0.39, 0.29) is 42.9 Å². The average molecular weight is 520 g/mol. The van der Waals surface area contributed by atoms with Crippen LogP contribution in [-0.2, 0) is 22.4 Å². The third-order valence-electron chi connectivity index (χ3n) is 6.17. The van der Waals surface area contributed by atoms with Crippen LogP contribution in [0.2, 0.25) is 0 Å². The number of hydrogen-bond acceptors (Lipinski definition) is 3. The monoisotopic (exact) mass is 520 g/mol. The smallest absolute Gasteiger partial charge is 0.339 e. The zero-order valence-corrected chi connectivity index (χ0v) is 19.1. The SMILES string of the molecule is O=C(c1cc(C(F)(F)F)cc(C(F)(F)F)c1)N1CCC(N(C2CC2)S(=O)(=O)c2ccccc2)CC1. The number of benzene rings is 2. The third-order valence-corrected chi connectivity index (χ3v) is 8.19. The number of nitrogens with zero attached hydrogens (tertiary/aromatic N) is 2. The van der Waals surface area contributed by atoms with Crippen LogP contribution >= 0.6 is 0 Å². The molecule has 2 aromatic carbocycles. The maximum absolute atomic E-state index is 13.2. The van der Waals surface area contributed by atoms with Gasteiger partial charge < -0.3 is 4.90 Å².